The number of nitrogens with one attached hydrogen (secondary N) is 1. The highest BCUT2D eigenvalue weighted by molar-refractivity contribution is 9.10. The Morgan fingerprint density at radius 3 is 2.41 bits per heavy atom. The number of rotatable bonds is 9. The number of benzene rings is 3. The van der Waals surface area contributed by atoms with E-state index in [1.54, 1.807) is 18.0 Å². The van der Waals surface area contributed by atoms with Gasteiger partial charge in [0, 0.05) is 10.2 Å². The third kappa shape index (κ3) is 7.75. The number of hydrogen-bond acceptors (Lipinski definition) is 4. The Morgan fingerprint density at radius 1 is 0.966 bits per heavy atom. The Kier molecular flexibility index (Phi) is 8.34. The van der Waals surface area contributed by atoms with Gasteiger partial charge in [-0.25, -0.2) is 5.43 Å². The molecule has 3 aromatic rings. The maximum absolute atomic E-state index is 11.8. The van der Waals surface area contributed by atoms with Crippen molar-refractivity contribution < 1.29 is 9.53 Å². The molecular weight excluding hydrogens is 448 g/mol. The number of carbonyl (C=O) groups is 1. The average Bonchev–Trinajstić information content (AvgIpc) is 2.75. The molecule has 6 heteroatoms. The molecule has 0 atom stereocenters. The first-order valence-corrected chi connectivity index (χ1v) is 11.0. The molecule has 1 N–H and O–H groups in total. The molecule has 3 aromatic carbocycles. The summed E-state index contributed by atoms with van der Waals surface area (Å²) in [4.78, 5) is 11.8. The van der Waals surface area contributed by atoms with Gasteiger partial charge in [-0.3, -0.25) is 4.79 Å². The van der Waals surface area contributed by atoms with Crippen LogP contribution in [0, 0.1) is 0 Å². The first-order chi connectivity index (χ1) is 14.2. The molecule has 0 aliphatic heterocycles. The molecule has 4 nitrogen and oxygen atoms in total. The van der Waals surface area contributed by atoms with Gasteiger partial charge in [-0.2, -0.15) is 5.10 Å². The summed E-state index contributed by atoms with van der Waals surface area (Å²) in [5.74, 6) is 1.84. The van der Waals surface area contributed by atoms with Crippen LogP contribution in [-0.2, 0) is 17.2 Å². The van der Waals surface area contributed by atoms with Crippen molar-refractivity contribution in [3.63, 3.8) is 0 Å². The molecule has 0 bridgehead atoms. The van der Waals surface area contributed by atoms with Crippen LogP contribution in [0.5, 0.6) is 5.75 Å². The highest BCUT2D eigenvalue weighted by atomic mass is 79.9. The lowest BCUT2D eigenvalue weighted by Crippen LogP contribution is -2.19. The molecule has 0 fully saturated rings. The Labute approximate surface area is 183 Å². The van der Waals surface area contributed by atoms with E-state index in [0.29, 0.717) is 12.4 Å². The van der Waals surface area contributed by atoms with Crippen LogP contribution in [0.25, 0.3) is 0 Å². The van der Waals surface area contributed by atoms with Crippen LogP contribution in [0.3, 0.4) is 0 Å². The molecule has 3 rings (SSSR count). The topological polar surface area (TPSA) is 50.7 Å². The fourth-order valence-corrected chi connectivity index (χ4v) is 3.49. The lowest BCUT2D eigenvalue weighted by Gasteiger charge is -2.06. The smallest absolute Gasteiger partial charge is 0.250 e. The third-order valence-corrected chi connectivity index (χ3v) is 5.48. The van der Waals surface area contributed by atoms with Gasteiger partial charge in [0.2, 0.25) is 5.91 Å². The van der Waals surface area contributed by atoms with E-state index in [1.807, 2.05) is 66.7 Å². The van der Waals surface area contributed by atoms with E-state index in [0.717, 1.165) is 27.1 Å². The van der Waals surface area contributed by atoms with E-state index in [1.165, 1.54) is 5.56 Å². The minimum Gasteiger partial charge on any atom is -0.489 e. The normalized spacial score (nSPS) is 10.8. The van der Waals surface area contributed by atoms with Gasteiger partial charge in [0.1, 0.15) is 12.4 Å². The Morgan fingerprint density at radius 2 is 1.69 bits per heavy atom. The van der Waals surface area contributed by atoms with Gasteiger partial charge in [-0.1, -0.05) is 58.4 Å². The molecule has 0 spiro atoms. The monoisotopic (exact) mass is 468 g/mol. The summed E-state index contributed by atoms with van der Waals surface area (Å²) < 4.78 is 6.83. The number of halogens is 1. The fourth-order valence-electron chi connectivity index (χ4n) is 2.44. The fraction of sp³-hybridized carbons (Fsp3) is 0.130. The Bertz CT molecular complexity index is 929. The summed E-state index contributed by atoms with van der Waals surface area (Å²) >= 11 is 4.98. The maximum Gasteiger partial charge on any atom is 0.250 e. The second-order valence-corrected chi connectivity index (χ2v) is 8.16. The number of hydrogen-bond donors (Lipinski definition) is 1. The molecule has 0 unspecified atom stereocenters. The summed E-state index contributed by atoms with van der Waals surface area (Å²) in [5.41, 5.74) is 5.75. The lowest BCUT2D eigenvalue weighted by atomic mass is 10.2. The predicted molar refractivity (Wildman–Crippen MR) is 123 cm³/mol. The van der Waals surface area contributed by atoms with Gasteiger partial charge in [-0.05, 0) is 53.1 Å². The molecule has 148 valence electrons. The molecule has 0 heterocycles. The first-order valence-electron chi connectivity index (χ1n) is 9.10. The zero-order valence-corrected chi connectivity index (χ0v) is 18.2. The van der Waals surface area contributed by atoms with E-state index in [2.05, 4.69) is 38.6 Å². The average molecular weight is 469 g/mol. The van der Waals surface area contributed by atoms with Crippen LogP contribution in [0.1, 0.15) is 16.7 Å². The summed E-state index contributed by atoms with van der Waals surface area (Å²) in [6.45, 7) is 0.511. The molecule has 0 saturated carbocycles. The second-order valence-electron chi connectivity index (χ2n) is 6.26. The van der Waals surface area contributed by atoms with Crippen molar-refractivity contribution >= 4 is 39.8 Å². The third-order valence-electron chi connectivity index (χ3n) is 3.95. The number of hydrazone groups is 1. The van der Waals surface area contributed by atoms with E-state index in [4.69, 9.17) is 4.74 Å². The van der Waals surface area contributed by atoms with E-state index >= 15 is 0 Å². The molecule has 0 radical (unpaired) electrons. The van der Waals surface area contributed by atoms with E-state index in [9.17, 15) is 4.79 Å². The minimum absolute atomic E-state index is 0.114. The summed E-state index contributed by atoms with van der Waals surface area (Å²) in [6, 6.07) is 25.7. The van der Waals surface area contributed by atoms with Crippen LogP contribution in [-0.4, -0.2) is 17.9 Å². The quantitative estimate of drug-likeness (QED) is 0.337. The van der Waals surface area contributed by atoms with Crippen LogP contribution in [0.4, 0.5) is 0 Å². The summed E-state index contributed by atoms with van der Waals surface area (Å²) in [5, 5.41) is 4.02. The minimum atomic E-state index is -0.114. The van der Waals surface area contributed by atoms with Crippen molar-refractivity contribution in [2.24, 2.45) is 5.10 Å². The van der Waals surface area contributed by atoms with Gasteiger partial charge in [0.25, 0.3) is 0 Å². The molecular formula is C23H21BrN2O2S. The SMILES string of the molecule is O=C(CSCc1ccccc1)N/N=C\c1ccc(OCc2ccc(Br)cc2)cc1. The Balaban J connectivity index is 1.37. The highest BCUT2D eigenvalue weighted by Gasteiger charge is 2.01. The van der Waals surface area contributed by atoms with E-state index in [-0.39, 0.29) is 5.91 Å². The highest BCUT2D eigenvalue weighted by Crippen LogP contribution is 2.15. The number of ether oxygens (including phenoxy) is 1. The van der Waals surface area contributed by atoms with Crippen molar-refractivity contribution in [3.05, 3.63) is 100 Å². The van der Waals surface area contributed by atoms with Gasteiger partial charge in [0.05, 0.1) is 12.0 Å². The number of amides is 1. The van der Waals surface area contributed by atoms with Gasteiger partial charge in [0.15, 0.2) is 0 Å². The molecule has 0 aliphatic carbocycles. The van der Waals surface area contributed by atoms with Crippen LogP contribution in [0.2, 0.25) is 0 Å². The van der Waals surface area contributed by atoms with Gasteiger partial charge in [-0.15, -0.1) is 11.8 Å². The molecule has 0 saturated heterocycles. The summed E-state index contributed by atoms with van der Waals surface area (Å²) in [7, 11) is 0. The van der Waals surface area contributed by atoms with Crippen molar-refractivity contribution in [3.8, 4) is 5.75 Å². The molecule has 0 aliphatic rings. The summed E-state index contributed by atoms with van der Waals surface area (Å²) in [6.07, 6.45) is 1.62. The number of thioether (sulfide) groups is 1. The maximum atomic E-state index is 11.8. The second kappa shape index (κ2) is 11.4. The van der Waals surface area contributed by atoms with E-state index < -0.39 is 0 Å². The van der Waals surface area contributed by atoms with Gasteiger partial charge >= 0.3 is 0 Å². The first kappa shape index (κ1) is 21.1. The van der Waals surface area contributed by atoms with Crippen LogP contribution >= 0.6 is 27.7 Å². The molecule has 0 aromatic heterocycles. The zero-order chi connectivity index (χ0) is 20.3. The van der Waals surface area contributed by atoms with Crippen LogP contribution in [0.15, 0.2) is 88.4 Å². The lowest BCUT2D eigenvalue weighted by molar-refractivity contribution is -0.118. The van der Waals surface area contributed by atoms with Gasteiger partial charge < -0.3 is 4.74 Å². The van der Waals surface area contributed by atoms with Crippen LogP contribution < -0.4 is 10.2 Å². The standard InChI is InChI=1S/C23H21BrN2O2S/c24-21-10-6-19(7-11-21)15-28-22-12-8-18(9-13-22)14-25-26-23(27)17-29-16-20-4-2-1-3-5-20/h1-14H,15-17H2,(H,26,27)/b25-14-. The molecule has 29 heavy (non-hydrogen) atoms. The number of nitrogens with zero attached hydrogens (tertiary/aromatic N) is 1. The van der Waals surface area contributed by atoms with Crippen molar-refractivity contribution in [1.82, 2.24) is 5.43 Å². The van der Waals surface area contributed by atoms with Crippen molar-refractivity contribution in [2.75, 3.05) is 5.75 Å². The zero-order valence-electron chi connectivity index (χ0n) is 15.8. The molecule has 1 amide bonds. The van der Waals surface area contributed by atoms with Crippen molar-refractivity contribution in [1.29, 1.82) is 0 Å². The number of carbonyl (C=O) groups excluding carboxylic acids is 1. The predicted octanol–water partition coefficient (Wildman–Crippen LogP) is 5.41. The largest absolute Gasteiger partial charge is 0.489 e. The van der Waals surface area contributed by atoms with Crippen molar-refractivity contribution in [2.45, 2.75) is 12.4 Å². The Hall–Kier alpha value is -2.57.